The first-order valence-electron chi connectivity index (χ1n) is 12.6. The summed E-state index contributed by atoms with van der Waals surface area (Å²) in [5, 5.41) is 17.0. The highest BCUT2D eigenvalue weighted by Gasteiger charge is 2.30. The number of hydrogen-bond donors (Lipinski definition) is 4. The third kappa shape index (κ3) is 7.35. The number of nitrogens with zero attached hydrogens (tertiary/aromatic N) is 1. The van der Waals surface area contributed by atoms with Crippen LogP contribution in [0.25, 0.3) is 0 Å². The molecule has 1 aliphatic rings. The topological polar surface area (TPSA) is 146 Å². The molecule has 4 rings (SSSR count). The maximum absolute atomic E-state index is 13.0. The molecule has 40 heavy (non-hydrogen) atoms. The highest BCUT2D eigenvalue weighted by atomic mass is 16.5. The molecule has 0 saturated carbocycles. The van der Waals surface area contributed by atoms with E-state index in [1.165, 1.54) is 12.1 Å². The number of carboxylic acids is 1. The second kappa shape index (κ2) is 12.8. The van der Waals surface area contributed by atoms with Crippen LogP contribution >= 0.6 is 0 Å². The number of ether oxygens (including phenoxy) is 2. The highest BCUT2D eigenvalue weighted by molar-refractivity contribution is 6.11. The van der Waals surface area contributed by atoms with Gasteiger partial charge in [-0.15, -0.1) is 0 Å². The predicted molar refractivity (Wildman–Crippen MR) is 149 cm³/mol. The van der Waals surface area contributed by atoms with Gasteiger partial charge in [-0.25, -0.2) is 0 Å². The molecule has 0 fully saturated rings. The summed E-state index contributed by atoms with van der Waals surface area (Å²) in [5.74, 6) is -2.08. The fourth-order valence-corrected chi connectivity index (χ4v) is 4.02. The summed E-state index contributed by atoms with van der Waals surface area (Å²) >= 11 is 0. The van der Waals surface area contributed by atoms with Gasteiger partial charge in [0.05, 0.1) is 23.5 Å². The van der Waals surface area contributed by atoms with E-state index in [-0.39, 0.29) is 48.7 Å². The molecule has 1 aliphatic heterocycles. The van der Waals surface area contributed by atoms with Crippen molar-refractivity contribution in [2.24, 2.45) is 0 Å². The Labute approximate surface area is 231 Å². The first-order chi connectivity index (χ1) is 19.2. The minimum atomic E-state index is -1.08. The van der Waals surface area contributed by atoms with E-state index in [0.29, 0.717) is 5.75 Å². The van der Waals surface area contributed by atoms with Crippen molar-refractivity contribution in [3.8, 4) is 11.5 Å². The van der Waals surface area contributed by atoms with Gasteiger partial charge in [-0.05, 0) is 36.2 Å². The summed E-state index contributed by atoms with van der Waals surface area (Å²) < 4.78 is 11.7. The number of benzene rings is 3. The monoisotopic (exact) mass is 546 g/mol. The number of carbonyl (C=O) groups is 4. The van der Waals surface area contributed by atoms with Crippen molar-refractivity contribution in [2.75, 3.05) is 36.2 Å². The lowest BCUT2D eigenvalue weighted by Crippen LogP contribution is -2.41. The number of carbonyl (C=O) groups excluding carboxylic acids is 3. The number of fused-ring (bicyclic) bond motifs is 1. The van der Waals surface area contributed by atoms with Crippen LogP contribution in [0.15, 0.2) is 66.7 Å². The van der Waals surface area contributed by atoms with Gasteiger partial charge in [-0.3, -0.25) is 19.2 Å². The number of carboxylic acid groups (broad SMARTS) is 1. The Morgan fingerprint density at radius 2 is 1.80 bits per heavy atom. The summed E-state index contributed by atoms with van der Waals surface area (Å²) in [6.07, 6.45) is -0.375. The molecule has 0 spiro atoms. The summed E-state index contributed by atoms with van der Waals surface area (Å²) in [6.45, 7) is -0.00126. The van der Waals surface area contributed by atoms with E-state index in [1.807, 2.05) is 61.5 Å². The summed E-state index contributed by atoms with van der Waals surface area (Å²) in [6, 6.07) is 18.5. The first kappa shape index (κ1) is 28.1. The molecule has 0 bridgehead atoms. The molecule has 11 heteroatoms. The third-order valence-corrected chi connectivity index (χ3v) is 6.07. The predicted octanol–water partition coefficient (Wildman–Crippen LogP) is 3.62. The molecule has 1 atom stereocenters. The number of rotatable bonds is 11. The molecule has 0 radical (unpaired) electrons. The Morgan fingerprint density at radius 1 is 1.02 bits per heavy atom. The number of anilines is 3. The van der Waals surface area contributed by atoms with Crippen LogP contribution in [0.3, 0.4) is 0 Å². The van der Waals surface area contributed by atoms with Crippen molar-refractivity contribution in [1.29, 1.82) is 0 Å². The maximum Gasteiger partial charge on any atom is 0.303 e. The number of hydrogen-bond acceptors (Lipinski definition) is 7. The minimum absolute atomic E-state index is 0.0794. The highest BCUT2D eigenvalue weighted by Crippen LogP contribution is 2.37. The van der Waals surface area contributed by atoms with E-state index < -0.39 is 29.7 Å². The SMILES string of the molecule is CN(C)c1cccc(Oc2cc3c(cc2NC(=O)COCc2ccccc2)NC(=O)[C@@H](CCC(=O)O)NC3=O)c1. The van der Waals surface area contributed by atoms with Gasteiger partial charge in [-0.1, -0.05) is 36.4 Å². The van der Waals surface area contributed by atoms with Gasteiger partial charge in [-0.2, -0.15) is 0 Å². The Bertz CT molecular complexity index is 1410. The van der Waals surface area contributed by atoms with Crippen LogP contribution in [0.4, 0.5) is 17.1 Å². The van der Waals surface area contributed by atoms with E-state index in [9.17, 15) is 19.2 Å². The van der Waals surface area contributed by atoms with E-state index in [0.717, 1.165) is 11.3 Å². The van der Waals surface area contributed by atoms with Crippen molar-refractivity contribution in [3.05, 3.63) is 77.9 Å². The van der Waals surface area contributed by atoms with Gasteiger partial charge >= 0.3 is 5.97 Å². The molecular formula is C29H30N4O7. The maximum atomic E-state index is 13.0. The molecule has 0 aliphatic carbocycles. The molecule has 0 unspecified atom stereocenters. The van der Waals surface area contributed by atoms with Crippen molar-refractivity contribution < 1.29 is 33.8 Å². The Hall–Kier alpha value is -4.90. The van der Waals surface area contributed by atoms with E-state index in [4.69, 9.17) is 14.6 Å². The fourth-order valence-electron chi connectivity index (χ4n) is 4.02. The molecule has 1 heterocycles. The lowest BCUT2D eigenvalue weighted by molar-refractivity contribution is -0.137. The zero-order chi connectivity index (χ0) is 28.6. The molecule has 3 aromatic carbocycles. The van der Waals surface area contributed by atoms with Crippen molar-refractivity contribution in [2.45, 2.75) is 25.5 Å². The average molecular weight is 547 g/mol. The van der Waals surface area contributed by atoms with Crippen LogP contribution in [-0.4, -0.2) is 55.5 Å². The Kier molecular flexibility index (Phi) is 8.97. The zero-order valence-electron chi connectivity index (χ0n) is 22.1. The van der Waals surface area contributed by atoms with Crippen LogP contribution in [0.5, 0.6) is 11.5 Å². The van der Waals surface area contributed by atoms with Crippen LogP contribution in [0.1, 0.15) is 28.8 Å². The number of aliphatic carboxylic acids is 1. The van der Waals surface area contributed by atoms with Crippen molar-refractivity contribution >= 4 is 40.8 Å². The van der Waals surface area contributed by atoms with Gasteiger partial charge in [0, 0.05) is 32.3 Å². The lowest BCUT2D eigenvalue weighted by Gasteiger charge is -2.17. The standard InChI is InChI=1S/C29H30N4O7/c1-33(2)19-9-6-10-20(13-19)40-25-14-21-23(32-29(38)22(31-28(21)37)11-12-27(35)36)15-24(25)30-26(34)17-39-16-18-7-4-3-5-8-18/h3-10,13-15,22H,11-12,16-17H2,1-2H3,(H,30,34)(H,31,37)(H,32,38)(H,35,36)/t22-/m1/s1. The van der Waals surface area contributed by atoms with Crippen LogP contribution in [0.2, 0.25) is 0 Å². The van der Waals surface area contributed by atoms with Gasteiger partial charge in [0.2, 0.25) is 11.8 Å². The lowest BCUT2D eigenvalue weighted by atomic mass is 10.1. The van der Waals surface area contributed by atoms with Gasteiger partial charge in [0.1, 0.15) is 18.4 Å². The van der Waals surface area contributed by atoms with Gasteiger partial charge < -0.3 is 35.4 Å². The smallest absolute Gasteiger partial charge is 0.303 e. The minimum Gasteiger partial charge on any atom is -0.481 e. The summed E-state index contributed by atoms with van der Waals surface area (Å²) in [7, 11) is 3.77. The third-order valence-electron chi connectivity index (χ3n) is 6.07. The molecule has 3 amide bonds. The van der Waals surface area contributed by atoms with E-state index in [2.05, 4.69) is 16.0 Å². The van der Waals surface area contributed by atoms with Crippen LogP contribution < -0.4 is 25.6 Å². The quantitative estimate of drug-likeness (QED) is 0.285. The summed E-state index contributed by atoms with van der Waals surface area (Å²) in [4.78, 5) is 51.5. The Morgan fingerprint density at radius 3 is 2.52 bits per heavy atom. The molecule has 4 N–H and O–H groups in total. The zero-order valence-corrected chi connectivity index (χ0v) is 22.1. The molecular weight excluding hydrogens is 516 g/mol. The van der Waals surface area contributed by atoms with Crippen molar-refractivity contribution in [3.63, 3.8) is 0 Å². The number of amides is 3. The normalized spacial score (nSPS) is 14.3. The first-order valence-corrected chi connectivity index (χ1v) is 12.6. The molecule has 3 aromatic rings. The largest absolute Gasteiger partial charge is 0.481 e. The number of nitrogens with one attached hydrogen (secondary N) is 3. The van der Waals surface area contributed by atoms with Crippen LogP contribution in [-0.2, 0) is 25.7 Å². The second-order valence-corrected chi connectivity index (χ2v) is 9.36. The average Bonchev–Trinajstić information content (AvgIpc) is 3.03. The molecule has 11 nitrogen and oxygen atoms in total. The van der Waals surface area contributed by atoms with Crippen molar-refractivity contribution in [1.82, 2.24) is 5.32 Å². The molecule has 0 saturated heterocycles. The van der Waals surface area contributed by atoms with Crippen LogP contribution in [0, 0.1) is 0 Å². The fraction of sp³-hybridized carbons (Fsp3) is 0.241. The van der Waals surface area contributed by atoms with Gasteiger partial charge in [0.25, 0.3) is 5.91 Å². The summed E-state index contributed by atoms with van der Waals surface area (Å²) in [5.41, 5.74) is 2.24. The molecule has 208 valence electrons. The molecule has 0 aromatic heterocycles. The Balaban J connectivity index is 1.60. The van der Waals surface area contributed by atoms with Gasteiger partial charge in [0.15, 0.2) is 5.75 Å². The second-order valence-electron chi connectivity index (χ2n) is 9.36. The van der Waals surface area contributed by atoms with E-state index in [1.54, 1.807) is 12.1 Å². The van der Waals surface area contributed by atoms with E-state index >= 15 is 0 Å².